The second-order valence-corrected chi connectivity index (χ2v) is 16.7. The summed E-state index contributed by atoms with van der Waals surface area (Å²) in [5.41, 5.74) is 8.21. The van der Waals surface area contributed by atoms with Crippen molar-refractivity contribution in [2.75, 3.05) is 71.8 Å². The number of azide groups is 1. The van der Waals surface area contributed by atoms with Crippen LogP contribution >= 0.6 is 18.9 Å². The van der Waals surface area contributed by atoms with Gasteiger partial charge in [-0.05, 0) is 47.3 Å². The van der Waals surface area contributed by atoms with E-state index in [1.807, 2.05) is 4.72 Å². The molecule has 0 radical (unpaired) electrons. The fourth-order valence-electron chi connectivity index (χ4n) is 5.78. The molecule has 0 aliphatic carbocycles. The number of alkyl halides is 3. The summed E-state index contributed by atoms with van der Waals surface area (Å²) in [5.74, 6) is -3.71. The summed E-state index contributed by atoms with van der Waals surface area (Å²) < 4.78 is 99.1. The SMILES string of the molecule is N#Cc1ccc(OP(=O)([O-])CNS(=O)(=O)c2cc3cc(OCC[N+]45CC[N+](CCCN=[N+]=[N-])(CC4)CC5)ccc3s2)cc1F.O=C([O-])C(F)(F)F.[I-]. The van der Waals surface area contributed by atoms with Crippen molar-refractivity contribution in [2.24, 2.45) is 5.11 Å². The number of piperazine rings is 3. The monoisotopic (exact) mass is 904 g/mol. The van der Waals surface area contributed by atoms with E-state index in [0.717, 1.165) is 97.3 Å². The Kier molecular flexibility index (Phi) is 14.7. The minimum Gasteiger partial charge on any atom is -1.00 e. The van der Waals surface area contributed by atoms with Crippen molar-refractivity contribution in [2.45, 2.75) is 16.8 Å². The maximum Gasteiger partial charge on any atom is 0.430 e. The number of carboxylic acids is 1. The van der Waals surface area contributed by atoms with Gasteiger partial charge in [0.15, 0.2) is 7.60 Å². The molecule has 0 amide bonds. The molecule has 284 valence electrons. The van der Waals surface area contributed by atoms with E-state index in [4.69, 9.17) is 30.0 Å². The van der Waals surface area contributed by atoms with E-state index >= 15 is 0 Å². The number of halogens is 5. The number of rotatable bonds is 14. The maximum absolute atomic E-state index is 13.8. The zero-order chi connectivity index (χ0) is 37.5. The quantitative estimate of drug-likeness (QED) is 0.0332. The van der Waals surface area contributed by atoms with Crippen LogP contribution in [0.15, 0.2) is 51.8 Å². The molecule has 3 saturated heterocycles. The van der Waals surface area contributed by atoms with Crippen LogP contribution in [0.5, 0.6) is 11.5 Å². The number of quaternary nitrogens is 2. The summed E-state index contributed by atoms with van der Waals surface area (Å²) in [6.45, 7) is 9.63. The van der Waals surface area contributed by atoms with Crippen LogP contribution in [0.3, 0.4) is 0 Å². The van der Waals surface area contributed by atoms with E-state index in [2.05, 4.69) is 10.0 Å². The zero-order valence-electron chi connectivity index (χ0n) is 27.1. The van der Waals surface area contributed by atoms with Crippen molar-refractivity contribution >= 4 is 45.0 Å². The number of sulfonamides is 1. The molecule has 23 heteroatoms. The Morgan fingerprint density at radius 3 is 2.23 bits per heavy atom. The van der Waals surface area contributed by atoms with E-state index in [1.54, 1.807) is 24.3 Å². The highest BCUT2D eigenvalue weighted by Gasteiger charge is 2.48. The minimum absolute atomic E-state index is 0. The number of carboxylic acid groups (broad SMARTS) is 1. The third-order valence-corrected chi connectivity index (χ3v) is 12.9. The Morgan fingerprint density at radius 1 is 1.08 bits per heavy atom. The number of carbonyl (C=O) groups excluding carboxylic acids is 1. The number of ether oxygens (including phenoxy) is 1. The number of nitrogens with one attached hydrogen (secondary N) is 1. The smallest absolute Gasteiger partial charge is 0.430 e. The van der Waals surface area contributed by atoms with Gasteiger partial charge in [-0.3, -0.25) is 4.57 Å². The number of aliphatic carboxylic acids is 1. The first-order valence-electron chi connectivity index (χ1n) is 15.3. The number of nitriles is 1. The molecule has 15 nitrogen and oxygen atoms in total. The Balaban J connectivity index is 0.000000828. The third-order valence-electron chi connectivity index (χ3n) is 8.65. The lowest BCUT2D eigenvalue weighted by atomic mass is 10.1. The fourth-order valence-corrected chi connectivity index (χ4v) is 9.68. The van der Waals surface area contributed by atoms with Gasteiger partial charge in [0.2, 0.25) is 0 Å². The van der Waals surface area contributed by atoms with Crippen molar-refractivity contribution in [1.82, 2.24) is 4.72 Å². The molecule has 3 fully saturated rings. The molecule has 0 spiro atoms. The summed E-state index contributed by atoms with van der Waals surface area (Å²) >= 11 is 0.989. The molecule has 1 N–H and O–H groups in total. The van der Waals surface area contributed by atoms with Crippen LogP contribution in [-0.4, -0.2) is 101 Å². The topological polar surface area (TPSA) is 217 Å². The van der Waals surface area contributed by atoms with Crippen molar-refractivity contribution in [3.63, 3.8) is 0 Å². The molecule has 4 heterocycles. The Labute approximate surface area is 316 Å². The first-order valence-corrected chi connectivity index (χ1v) is 19.3. The largest absolute Gasteiger partial charge is 1.00 e. The molecule has 1 atom stereocenters. The highest BCUT2D eigenvalue weighted by Crippen LogP contribution is 2.39. The standard InChI is InChI=1S/C27H32FN7O6PS2.C2HF3O2.HI/c28-25-18-24(3-2-21(25)19-29)41-42(36,37)20-32-44(38,39)27-17-22-16-23(4-5-26(22)43-27)40-15-14-35-11-8-34(9-12-35,10-13-35)7-1-6-31-33-30;3-2(4,5)1(6)7;/h2-5,16-18,32H,1,6-15,20H2;(H,6,7);1H/q+1;;/p-2. The van der Waals surface area contributed by atoms with Gasteiger partial charge < -0.3 is 57.0 Å². The van der Waals surface area contributed by atoms with Crippen LogP contribution in [0.4, 0.5) is 17.6 Å². The average molecular weight is 905 g/mol. The van der Waals surface area contributed by atoms with Crippen LogP contribution in [0.25, 0.3) is 20.5 Å². The van der Waals surface area contributed by atoms with Crippen LogP contribution in [0, 0.1) is 17.1 Å². The lowest BCUT2D eigenvalue weighted by Gasteiger charge is -2.55. The molecule has 52 heavy (non-hydrogen) atoms. The molecule has 1 unspecified atom stereocenters. The van der Waals surface area contributed by atoms with E-state index in [0.29, 0.717) is 29.0 Å². The Morgan fingerprint density at radius 2 is 1.67 bits per heavy atom. The highest BCUT2D eigenvalue weighted by atomic mass is 127. The van der Waals surface area contributed by atoms with Crippen molar-refractivity contribution in [3.8, 4) is 17.6 Å². The van der Waals surface area contributed by atoms with Gasteiger partial charge >= 0.3 is 6.18 Å². The third kappa shape index (κ3) is 11.6. The Hall–Kier alpha value is -3.26. The number of benzene rings is 2. The number of nitrogens with zero attached hydrogens (tertiary/aromatic N) is 6. The molecule has 3 aromatic rings. The summed E-state index contributed by atoms with van der Waals surface area (Å²) in [4.78, 5) is 24.0. The predicted molar refractivity (Wildman–Crippen MR) is 171 cm³/mol. The highest BCUT2D eigenvalue weighted by molar-refractivity contribution is 7.92. The fraction of sp³-hybridized carbons (Fsp3) is 0.448. The van der Waals surface area contributed by atoms with Crippen LogP contribution < -0.4 is 48.0 Å². The van der Waals surface area contributed by atoms with Gasteiger partial charge in [0.05, 0.1) is 18.4 Å². The first kappa shape index (κ1) is 43.1. The number of hydrogen-bond donors (Lipinski definition) is 1. The van der Waals surface area contributed by atoms with Crippen molar-refractivity contribution in [3.05, 3.63) is 64.3 Å². The van der Waals surface area contributed by atoms with Crippen molar-refractivity contribution in [1.29, 1.82) is 5.26 Å². The summed E-state index contributed by atoms with van der Waals surface area (Å²) in [7, 11) is -8.98. The molecule has 2 bridgehead atoms. The molecule has 3 aliphatic rings. The second kappa shape index (κ2) is 17.7. The van der Waals surface area contributed by atoms with Gasteiger partial charge in [0, 0.05) is 28.6 Å². The molecular weight excluding hydrogens is 872 g/mol. The van der Waals surface area contributed by atoms with Gasteiger partial charge in [-0.25, -0.2) is 17.5 Å². The van der Waals surface area contributed by atoms with Crippen molar-refractivity contribution < 1.29 is 87.5 Å². The van der Waals surface area contributed by atoms with Crippen LogP contribution in [0.2, 0.25) is 0 Å². The molecule has 1 aromatic heterocycles. The van der Waals surface area contributed by atoms with Crippen LogP contribution in [0.1, 0.15) is 12.0 Å². The van der Waals surface area contributed by atoms with E-state index in [-0.39, 0.29) is 39.5 Å². The van der Waals surface area contributed by atoms with Gasteiger partial charge in [-0.1, -0.05) is 5.11 Å². The number of fused-ring (bicyclic) bond motifs is 4. The molecule has 2 aromatic carbocycles. The molecule has 0 saturated carbocycles. The summed E-state index contributed by atoms with van der Waals surface area (Å²) in [6, 6.07) is 11.3. The van der Waals surface area contributed by atoms with Gasteiger partial charge in [-0.15, -0.1) is 11.3 Å². The normalized spacial score (nSPS) is 20.6. The predicted octanol–water partition coefficient (Wildman–Crippen LogP) is -0.177. The average Bonchev–Trinajstić information content (AvgIpc) is 3.52. The van der Waals surface area contributed by atoms with E-state index < -0.39 is 41.9 Å². The van der Waals surface area contributed by atoms with Gasteiger partial charge in [0.1, 0.15) is 86.0 Å². The van der Waals surface area contributed by atoms with Gasteiger partial charge in [0.25, 0.3) is 10.0 Å². The lowest BCUT2D eigenvalue weighted by molar-refractivity contribution is -1.08. The summed E-state index contributed by atoms with van der Waals surface area (Å²) in [5, 5.41) is 21.9. The molecule has 3 aliphatic heterocycles. The van der Waals surface area contributed by atoms with E-state index in [9.17, 15) is 35.4 Å². The van der Waals surface area contributed by atoms with Gasteiger partial charge in [-0.2, -0.15) is 18.4 Å². The molecular formula is C29H32F4IN7O8PS2-. The first-order chi connectivity index (χ1) is 23.9. The number of thiophene rings is 1. The lowest BCUT2D eigenvalue weighted by Crippen LogP contribution is -3.00. The summed E-state index contributed by atoms with van der Waals surface area (Å²) in [6.07, 6.45) is -5.33. The van der Waals surface area contributed by atoms with Crippen LogP contribution in [-0.2, 0) is 19.4 Å². The second-order valence-electron chi connectivity index (χ2n) is 11.9. The van der Waals surface area contributed by atoms with E-state index in [1.165, 1.54) is 6.07 Å². The zero-order valence-corrected chi connectivity index (χ0v) is 31.8. The number of hydrogen-bond acceptors (Lipinski definition) is 11. The minimum atomic E-state index is -5.19. The number of carbonyl (C=O) groups is 1. The molecule has 6 rings (SSSR count). The Bertz CT molecular complexity index is 1980. The maximum atomic E-state index is 13.8.